The predicted octanol–water partition coefficient (Wildman–Crippen LogP) is 5.73. The zero-order valence-corrected chi connectivity index (χ0v) is 15.5. The van der Waals surface area contributed by atoms with Crippen LogP contribution in [-0.2, 0) is 0 Å². The first kappa shape index (κ1) is 21.8. The first-order valence-electron chi connectivity index (χ1n) is 8.14. The van der Waals surface area contributed by atoms with Crippen LogP contribution in [0.1, 0.15) is 16.7 Å². The number of para-hydroxylation sites is 3. The normalized spacial score (nSPS) is 10.2. The van der Waals surface area contributed by atoms with E-state index in [0.717, 1.165) is 33.9 Å². The molecule has 0 aromatic heterocycles. The molecule has 0 radical (unpaired) electrons. The molecule has 3 rings (SSSR count). The summed E-state index contributed by atoms with van der Waals surface area (Å²) in [7, 11) is -1.64. The zero-order chi connectivity index (χ0) is 17.6. The predicted molar refractivity (Wildman–Crippen MR) is 109 cm³/mol. The van der Waals surface area contributed by atoms with Gasteiger partial charge in [-0.15, -0.1) is 0 Å². The Morgan fingerprint density at radius 1 is 0.500 bits per heavy atom. The van der Waals surface area contributed by atoms with Crippen LogP contribution in [0.25, 0.3) is 0 Å². The topological polar surface area (TPSA) is 27.7 Å². The van der Waals surface area contributed by atoms with Gasteiger partial charge in [-0.3, -0.25) is 0 Å². The third-order valence-corrected chi connectivity index (χ3v) is 4.84. The van der Waals surface area contributed by atoms with Crippen LogP contribution in [-0.4, -0.2) is 68.9 Å². The first-order valence-corrected chi connectivity index (χ1v) is 9.24. The number of hydrogen-bond donors (Lipinski definition) is 0. The zero-order valence-electron chi connectivity index (χ0n) is 14.6. The summed E-state index contributed by atoms with van der Waals surface area (Å²) in [5.74, 6) is 2.28. The second-order valence-electron chi connectivity index (χ2n) is 5.79. The van der Waals surface area contributed by atoms with Crippen LogP contribution in [0.2, 0.25) is 0 Å². The molecule has 0 spiro atoms. The van der Waals surface area contributed by atoms with Gasteiger partial charge in [0.25, 0.3) is 0 Å². The van der Waals surface area contributed by atoms with Gasteiger partial charge in [-0.1, -0.05) is 54.6 Å². The van der Waals surface area contributed by atoms with Gasteiger partial charge in [0.1, 0.15) is 17.2 Å². The summed E-state index contributed by atoms with van der Waals surface area (Å²) in [5, 5.41) is 0. The van der Waals surface area contributed by atoms with Gasteiger partial charge in [0.05, 0.1) is 0 Å². The summed E-state index contributed by atoms with van der Waals surface area (Å²) in [6, 6.07) is 23.6. The van der Waals surface area contributed by atoms with Gasteiger partial charge in [0, 0.05) is 0 Å². The van der Waals surface area contributed by atoms with Gasteiger partial charge in [0.2, 0.25) is 0 Å². The Bertz CT molecular complexity index is 741. The second kappa shape index (κ2) is 10.8. The molecule has 3 aromatic rings. The SMILES string of the molecule is Cc1ccccc1OP(Oc1ccccc1C)Oc1ccccc1C.[CsH]. The van der Waals surface area contributed by atoms with E-state index in [1.165, 1.54) is 0 Å². The number of rotatable bonds is 6. The number of aryl methyl sites for hydroxylation is 3. The summed E-state index contributed by atoms with van der Waals surface area (Å²) < 4.78 is 18.3. The van der Waals surface area contributed by atoms with Crippen LogP contribution in [0.3, 0.4) is 0 Å². The molecule has 0 bridgehead atoms. The van der Waals surface area contributed by atoms with E-state index >= 15 is 0 Å². The fourth-order valence-corrected chi connectivity index (χ4v) is 3.48. The van der Waals surface area contributed by atoms with E-state index in [-0.39, 0.29) is 68.9 Å². The molecule has 3 aromatic carbocycles. The minimum atomic E-state index is -1.64. The third kappa shape index (κ3) is 6.03. The van der Waals surface area contributed by atoms with Crippen LogP contribution in [0.4, 0.5) is 0 Å². The van der Waals surface area contributed by atoms with Crippen molar-refractivity contribution in [3.8, 4) is 17.2 Å². The Hall–Kier alpha value is -0.458. The van der Waals surface area contributed by atoms with E-state index in [2.05, 4.69) is 0 Å². The summed E-state index contributed by atoms with van der Waals surface area (Å²) in [6.07, 6.45) is 0. The van der Waals surface area contributed by atoms with Crippen molar-refractivity contribution in [3.05, 3.63) is 89.5 Å². The van der Waals surface area contributed by atoms with E-state index in [1.807, 2.05) is 93.6 Å². The molecule has 3 nitrogen and oxygen atoms in total. The van der Waals surface area contributed by atoms with Crippen molar-refractivity contribution in [2.45, 2.75) is 20.8 Å². The van der Waals surface area contributed by atoms with Crippen LogP contribution >= 0.6 is 8.60 Å². The molecule has 0 heterocycles. The van der Waals surface area contributed by atoms with E-state index in [4.69, 9.17) is 13.6 Å². The van der Waals surface area contributed by atoms with Crippen molar-refractivity contribution in [1.82, 2.24) is 0 Å². The Kier molecular flexibility index (Phi) is 9.04. The monoisotopic (exact) mass is 486 g/mol. The molecule has 5 heteroatoms. The quantitative estimate of drug-likeness (QED) is 0.417. The standard InChI is InChI=1S/C21H21O3P.Cs.H/c1-16-10-4-7-13-19(16)22-25(23-20-14-8-5-11-17(20)2)24-21-15-9-6-12-18(21)3;;/h4-15H,1-3H3;;. The molecule has 0 fully saturated rings. The van der Waals surface area contributed by atoms with Gasteiger partial charge in [-0.25, -0.2) is 0 Å². The maximum absolute atomic E-state index is 6.08. The maximum atomic E-state index is 6.08. The molecule has 0 amide bonds. The van der Waals surface area contributed by atoms with Gasteiger partial charge in [-0.05, 0) is 55.7 Å². The van der Waals surface area contributed by atoms with E-state index in [9.17, 15) is 0 Å². The Labute approximate surface area is 215 Å². The molecular formula is C21H22CsO3P. The van der Waals surface area contributed by atoms with E-state index in [1.54, 1.807) is 0 Å². The average molecular weight is 486 g/mol. The van der Waals surface area contributed by atoms with Crippen LogP contribution < -0.4 is 13.6 Å². The molecule has 0 atom stereocenters. The van der Waals surface area contributed by atoms with E-state index < -0.39 is 8.60 Å². The van der Waals surface area contributed by atoms with E-state index in [0.29, 0.717) is 0 Å². The van der Waals surface area contributed by atoms with Gasteiger partial charge >= 0.3 is 77.5 Å². The molecule has 130 valence electrons. The van der Waals surface area contributed by atoms with Gasteiger partial charge < -0.3 is 13.6 Å². The Balaban J connectivity index is 0.00000243. The van der Waals surface area contributed by atoms with Crippen LogP contribution in [0, 0.1) is 20.8 Å². The molecule has 0 unspecified atom stereocenters. The average Bonchev–Trinajstić information content (AvgIpc) is 2.61. The van der Waals surface area contributed by atoms with Crippen LogP contribution in [0.5, 0.6) is 17.2 Å². The van der Waals surface area contributed by atoms with Crippen molar-refractivity contribution in [1.29, 1.82) is 0 Å². The summed E-state index contributed by atoms with van der Waals surface area (Å²) in [6.45, 7) is 6.01. The van der Waals surface area contributed by atoms with Gasteiger partial charge in [0.15, 0.2) is 0 Å². The van der Waals surface area contributed by atoms with Crippen molar-refractivity contribution >= 4 is 77.5 Å². The molecule has 0 N–H and O–H groups in total. The summed E-state index contributed by atoms with van der Waals surface area (Å²) in [5.41, 5.74) is 3.12. The number of benzene rings is 3. The summed E-state index contributed by atoms with van der Waals surface area (Å²) in [4.78, 5) is 0. The van der Waals surface area contributed by atoms with Crippen molar-refractivity contribution in [3.63, 3.8) is 0 Å². The molecular weight excluding hydrogens is 464 g/mol. The van der Waals surface area contributed by atoms with Gasteiger partial charge in [-0.2, -0.15) is 0 Å². The molecule has 26 heavy (non-hydrogen) atoms. The Morgan fingerprint density at radius 3 is 1.04 bits per heavy atom. The molecule has 0 saturated carbocycles. The molecule has 0 saturated heterocycles. The Morgan fingerprint density at radius 2 is 0.769 bits per heavy atom. The fourth-order valence-electron chi connectivity index (χ4n) is 2.27. The number of hydrogen-bond acceptors (Lipinski definition) is 3. The van der Waals surface area contributed by atoms with Crippen LogP contribution in [0.15, 0.2) is 72.8 Å². The second-order valence-corrected chi connectivity index (χ2v) is 6.79. The minimum absolute atomic E-state index is 0. The van der Waals surface area contributed by atoms with Crippen molar-refractivity contribution < 1.29 is 13.6 Å². The van der Waals surface area contributed by atoms with Crippen molar-refractivity contribution in [2.75, 3.05) is 0 Å². The van der Waals surface area contributed by atoms with Crippen molar-refractivity contribution in [2.24, 2.45) is 0 Å². The summed E-state index contributed by atoms with van der Waals surface area (Å²) >= 11 is 0. The molecule has 0 aliphatic carbocycles. The molecule has 0 aliphatic heterocycles. The first-order chi connectivity index (χ1) is 12.1. The fraction of sp³-hybridized carbons (Fsp3) is 0.143. The third-order valence-electron chi connectivity index (χ3n) is 3.80. The molecule has 0 aliphatic rings.